The lowest BCUT2D eigenvalue weighted by atomic mass is 9.96. The number of carbonyl (C=O) groups excluding carboxylic acids is 1. The van der Waals surface area contributed by atoms with E-state index in [-0.39, 0.29) is 17.4 Å². The van der Waals surface area contributed by atoms with Gasteiger partial charge in [0.05, 0.1) is 6.04 Å². The summed E-state index contributed by atoms with van der Waals surface area (Å²) in [5, 5.41) is 3.08. The molecule has 0 aliphatic rings. The van der Waals surface area contributed by atoms with Crippen LogP contribution in [0.1, 0.15) is 27.7 Å². The molecular formula is C11H25N3O. The fourth-order valence-electron chi connectivity index (χ4n) is 1.69. The largest absolute Gasteiger partial charge is 0.368 e. The molecule has 0 aromatic heterocycles. The van der Waals surface area contributed by atoms with Crippen molar-refractivity contribution < 1.29 is 4.79 Å². The molecule has 0 fully saturated rings. The first-order chi connectivity index (χ1) is 6.76. The van der Waals surface area contributed by atoms with Gasteiger partial charge in [-0.05, 0) is 19.0 Å². The Bertz CT molecular complexity index is 198. The summed E-state index contributed by atoms with van der Waals surface area (Å²) in [6, 6.07) is -0.248. The summed E-state index contributed by atoms with van der Waals surface area (Å²) in [5.74, 6) is -0.280. The molecule has 0 aromatic rings. The first kappa shape index (κ1) is 14.4. The van der Waals surface area contributed by atoms with Gasteiger partial charge in [0, 0.05) is 13.1 Å². The average Bonchev–Trinajstić information content (AvgIpc) is 1.99. The van der Waals surface area contributed by atoms with Crippen molar-refractivity contribution in [2.45, 2.75) is 33.7 Å². The van der Waals surface area contributed by atoms with Crippen molar-refractivity contribution in [3.05, 3.63) is 0 Å². The molecule has 0 heterocycles. The predicted molar refractivity (Wildman–Crippen MR) is 63.6 cm³/mol. The second kappa shape index (κ2) is 6.08. The van der Waals surface area contributed by atoms with E-state index in [0.717, 1.165) is 13.1 Å². The molecule has 3 N–H and O–H groups in total. The highest BCUT2D eigenvalue weighted by Crippen LogP contribution is 2.13. The molecule has 15 heavy (non-hydrogen) atoms. The Labute approximate surface area is 93.2 Å². The quantitative estimate of drug-likeness (QED) is 0.675. The van der Waals surface area contributed by atoms with E-state index in [1.165, 1.54) is 0 Å². The van der Waals surface area contributed by atoms with Gasteiger partial charge in [-0.2, -0.15) is 0 Å². The van der Waals surface area contributed by atoms with Gasteiger partial charge >= 0.3 is 0 Å². The Morgan fingerprint density at radius 3 is 2.33 bits per heavy atom. The van der Waals surface area contributed by atoms with Crippen molar-refractivity contribution in [2.75, 3.05) is 26.7 Å². The maximum absolute atomic E-state index is 11.1. The first-order valence-corrected chi connectivity index (χ1v) is 5.47. The number of nitrogens with two attached hydrogens (primary N) is 1. The number of likely N-dealkylation sites (N-methyl/N-ethyl adjacent to an activating group) is 2. The molecule has 0 aromatic carbocycles. The second-order valence-electron chi connectivity index (χ2n) is 5.27. The first-order valence-electron chi connectivity index (χ1n) is 5.47. The van der Waals surface area contributed by atoms with Crippen LogP contribution in [0.2, 0.25) is 0 Å². The third kappa shape index (κ3) is 7.33. The lowest BCUT2D eigenvalue weighted by Gasteiger charge is -2.29. The summed E-state index contributed by atoms with van der Waals surface area (Å²) in [5.41, 5.74) is 5.55. The highest BCUT2D eigenvalue weighted by atomic mass is 16.1. The van der Waals surface area contributed by atoms with E-state index in [1.807, 2.05) is 14.0 Å². The summed E-state index contributed by atoms with van der Waals surface area (Å²) < 4.78 is 0. The molecule has 0 saturated heterocycles. The van der Waals surface area contributed by atoms with Crippen LogP contribution in [0.5, 0.6) is 0 Å². The maximum atomic E-state index is 11.1. The van der Waals surface area contributed by atoms with E-state index in [4.69, 9.17) is 5.73 Å². The minimum atomic E-state index is -0.280. The van der Waals surface area contributed by atoms with Crippen molar-refractivity contribution in [2.24, 2.45) is 11.1 Å². The van der Waals surface area contributed by atoms with Crippen LogP contribution in [0.4, 0.5) is 0 Å². The van der Waals surface area contributed by atoms with Crippen LogP contribution in [-0.2, 0) is 4.79 Å². The number of nitrogens with zero attached hydrogens (tertiary/aromatic N) is 1. The van der Waals surface area contributed by atoms with Gasteiger partial charge in [0.25, 0.3) is 0 Å². The molecule has 0 aliphatic heterocycles. The number of hydrogen-bond acceptors (Lipinski definition) is 3. The Morgan fingerprint density at radius 1 is 1.47 bits per heavy atom. The summed E-state index contributed by atoms with van der Waals surface area (Å²) in [7, 11) is 2.01. The average molecular weight is 215 g/mol. The standard InChI is InChI=1S/C11H25N3O/c1-6-13-9(10(12)15)7-14(5)8-11(2,3)4/h9,13H,6-8H2,1-5H3,(H2,12,15). The van der Waals surface area contributed by atoms with E-state index in [0.29, 0.717) is 6.54 Å². The van der Waals surface area contributed by atoms with Crippen LogP contribution >= 0.6 is 0 Å². The van der Waals surface area contributed by atoms with E-state index in [9.17, 15) is 4.79 Å². The van der Waals surface area contributed by atoms with Crippen LogP contribution in [0, 0.1) is 5.41 Å². The third-order valence-electron chi connectivity index (χ3n) is 2.03. The maximum Gasteiger partial charge on any atom is 0.235 e. The molecule has 0 saturated carbocycles. The zero-order valence-corrected chi connectivity index (χ0v) is 10.6. The topological polar surface area (TPSA) is 58.4 Å². The van der Waals surface area contributed by atoms with Gasteiger partial charge in [0.1, 0.15) is 0 Å². The smallest absolute Gasteiger partial charge is 0.235 e. The van der Waals surface area contributed by atoms with E-state index >= 15 is 0 Å². The van der Waals surface area contributed by atoms with Crippen LogP contribution in [-0.4, -0.2) is 43.5 Å². The molecule has 0 radical (unpaired) electrons. The van der Waals surface area contributed by atoms with Gasteiger partial charge in [-0.25, -0.2) is 0 Å². The second-order valence-corrected chi connectivity index (χ2v) is 5.27. The van der Waals surface area contributed by atoms with Crippen LogP contribution in [0.15, 0.2) is 0 Å². The van der Waals surface area contributed by atoms with Gasteiger partial charge in [0.15, 0.2) is 0 Å². The molecular weight excluding hydrogens is 190 g/mol. The molecule has 0 bridgehead atoms. The van der Waals surface area contributed by atoms with Gasteiger partial charge in [0.2, 0.25) is 5.91 Å². The van der Waals surface area contributed by atoms with Crippen molar-refractivity contribution in [1.82, 2.24) is 10.2 Å². The summed E-state index contributed by atoms with van der Waals surface area (Å²) in [6.07, 6.45) is 0. The van der Waals surface area contributed by atoms with Crippen molar-refractivity contribution in [3.63, 3.8) is 0 Å². The van der Waals surface area contributed by atoms with Crippen LogP contribution < -0.4 is 11.1 Å². The minimum Gasteiger partial charge on any atom is -0.368 e. The Hall–Kier alpha value is -0.610. The normalized spacial score (nSPS) is 14.3. The Balaban J connectivity index is 4.11. The van der Waals surface area contributed by atoms with E-state index < -0.39 is 0 Å². The predicted octanol–water partition coefficient (Wildman–Crippen LogP) is 0.428. The molecule has 90 valence electrons. The van der Waals surface area contributed by atoms with E-state index in [1.54, 1.807) is 0 Å². The number of hydrogen-bond donors (Lipinski definition) is 2. The van der Waals surface area contributed by atoms with Crippen LogP contribution in [0.3, 0.4) is 0 Å². The van der Waals surface area contributed by atoms with Gasteiger partial charge in [-0.3, -0.25) is 4.79 Å². The lowest BCUT2D eigenvalue weighted by Crippen LogP contribution is -2.49. The Morgan fingerprint density at radius 2 is 2.00 bits per heavy atom. The number of carbonyl (C=O) groups is 1. The van der Waals surface area contributed by atoms with Crippen molar-refractivity contribution >= 4 is 5.91 Å². The third-order valence-corrected chi connectivity index (χ3v) is 2.03. The van der Waals surface area contributed by atoms with Gasteiger partial charge in [-0.15, -0.1) is 0 Å². The molecule has 1 atom stereocenters. The molecule has 0 rings (SSSR count). The summed E-state index contributed by atoms with van der Waals surface area (Å²) in [4.78, 5) is 13.3. The number of nitrogens with one attached hydrogen (secondary N) is 1. The summed E-state index contributed by atoms with van der Waals surface area (Å²) >= 11 is 0. The SMILES string of the molecule is CCNC(CN(C)CC(C)(C)C)C(N)=O. The van der Waals surface area contributed by atoms with Crippen molar-refractivity contribution in [1.29, 1.82) is 0 Å². The fourth-order valence-corrected chi connectivity index (χ4v) is 1.69. The van der Waals surface area contributed by atoms with Crippen molar-refractivity contribution in [3.8, 4) is 0 Å². The monoisotopic (exact) mass is 215 g/mol. The Kier molecular flexibility index (Phi) is 5.83. The summed E-state index contributed by atoms with van der Waals surface area (Å²) in [6.45, 7) is 10.9. The van der Waals surface area contributed by atoms with E-state index in [2.05, 4.69) is 31.0 Å². The molecule has 4 nitrogen and oxygen atoms in total. The minimum absolute atomic E-state index is 0.239. The number of primary amides is 1. The zero-order valence-electron chi connectivity index (χ0n) is 10.6. The number of rotatable bonds is 6. The molecule has 1 unspecified atom stereocenters. The molecule has 0 aliphatic carbocycles. The number of amides is 1. The zero-order chi connectivity index (χ0) is 12.1. The molecule has 4 heteroatoms. The molecule has 0 spiro atoms. The fraction of sp³-hybridized carbons (Fsp3) is 0.909. The highest BCUT2D eigenvalue weighted by molar-refractivity contribution is 5.80. The van der Waals surface area contributed by atoms with Gasteiger partial charge < -0.3 is 16.0 Å². The highest BCUT2D eigenvalue weighted by Gasteiger charge is 2.19. The van der Waals surface area contributed by atoms with Crippen LogP contribution in [0.25, 0.3) is 0 Å². The molecule has 1 amide bonds. The van der Waals surface area contributed by atoms with Gasteiger partial charge in [-0.1, -0.05) is 27.7 Å². The lowest BCUT2D eigenvalue weighted by molar-refractivity contribution is -0.120.